The fourth-order valence-electron chi connectivity index (χ4n) is 4.40. The highest BCUT2D eigenvalue weighted by Gasteiger charge is 2.56. The van der Waals surface area contributed by atoms with E-state index in [0.717, 1.165) is 10.9 Å². The van der Waals surface area contributed by atoms with Crippen molar-refractivity contribution in [3.63, 3.8) is 0 Å². The number of halogens is 3. The van der Waals surface area contributed by atoms with Gasteiger partial charge in [-0.1, -0.05) is 50.2 Å². The van der Waals surface area contributed by atoms with Crippen LogP contribution in [0.4, 0.5) is 13.2 Å². The lowest BCUT2D eigenvalue weighted by Crippen LogP contribution is -2.50. The van der Waals surface area contributed by atoms with Gasteiger partial charge in [-0.25, -0.2) is 0 Å². The van der Waals surface area contributed by atoms with E-state index in [0.29, 0.717) is 22.0 Å². The fraction of sp³-hybridized carbons (Fsp3) is 0.280. The van der Waals surface area contributed by atoms with E-state index in [2.05, 4.69) is 9.97 Å². The topological polar surface area (TPSA) is 46.0 Å². The lowest BCUT2D eigenvalue weighted by Gasteiger charge is -2.38. The van der Waals surface area contributed by atoms with Crippen LogP contribution in [0, 0.1) is 0 Å². The molecule has 2 aromatic carbocycles. The highest BCUT2D eigenvalue weighted by atomic mass is 19.4. The van der Waals surface area contributed by atoms with E-state index in [-0.39, 0.29) is 0 Å². The van der Waals surface area contributed by atoms with Gasteiger partial charge >= 0.3 is 6.18 Å². The number of alkyl halides is 3. The molecule has 0 saturated heterocycles. The van der Waals surface area contributed by atoms with Crippen LogP contribution in [0.5, 0.6) is 0 Å². The normalized spacial score (nSPS) is 14.6. The maximum Gasteiger partial charge on any atom is 0.417 e. The average Bonchev–Trinajstić information content (AvgIpc) is 2.72. The summed E-state index contributed by atoms with van der Waals surface area (Å²) in [6, 6.07) is 17.7. The Morgan fingerprint density at radius 1 is 0.774 bits per heavy atom. The third kappa shape index (κ3) is 4.00. The molecule has 1 atom stereocenters. The number of aliphatic hydroxyl groups is 1. The smallest absolute Gasteiger partial charge is 0.380 e. The highest BCUT2D eigenvalue weighted by molar-refractivity contribution is 5.83. The van der Waals surface area contributed by atoms with Gasteiger partial charge in [0, 0.05) is 29.6 Å². The van der Waals surface area contributed by atoms with Gasteiger partial charge in [-0.2, -0.15) is 13.2 Å². The number of benzene rings is 2. The first-order valence-electron chi connectivity index (χ1n) is 10.1. The van der Waals surface area contributed by atoms with Crippen molar-refractivity contribution in [3.8, 4) is 0 Å². The van der Waals surface area contributed by atoms with E-state index < -0.39 is 30.0 Å². The van der Waals surface area contributed by atoms with E-state index in [1.807, 2.05) is 24.3 Å². The van der Waals surface area contributed by atoms with Crippen molar-refractivity contribution in [2.75, 3.05) is 0 Å². The summed E-state index contributed by atoms with van der Waals surface area (Å²) in [5.41, 5.74) is -1.42. The fourth-order valence-corrected chi connectivity index (χ4v) is 4.40. The van der Waals surface area contributed by atoms with Gasteiger partial charge in [0.05, 0.1) is 11.0 Å². The zero-order chi connectivity index (χ0) is 22.3. The van der Waals surface area contributed by atoms with Crippen LogP contribution >= 0.6 is 0 Å². The second-order valence-electron chi connectivity index (χ2n) is 8.63. The average molecular weight is 424 g/mol. The molecule has 4 rings (SSSR count). The quantitative estimate of drug-likeness (QED) is 0.428. The second kappa shape index (κ2) is 7.61. The van der Waals surface area contributed by atoms with Gasteiger partial charge in [-0.3, -0.25) is 9.97 Å². The Hall–Kier alpha value is -2.99. The molecule has 6 heteroatoms. The Bertz CT molecular complexity index is 1230. The molecule has 0 bridgehead atoms. The van der Waals surface area contributed by atoms with Gasteiger partial charge in [0.15, 0.2) is 5.60 Å². The lowest BCUT2D eigenvalue weighted by molar-refractivity contribution is -0.266. The van der Waals surface area contributed by atoms with E-state index in [9.17, 15) is 18.3 Å². The van der Waals surface area contributed by atoms with Crippen LogP contribution in [-0.4, -0.2) is 26.9 Å². The van der Waals surface area contributed by atoms with Crippen molar-refractivity contribution >= 4 is 21.8 Å². The molecule has 0 saturated carbocycles. The summed E-state index contributed by atoms with van der Waals surface area (Å²) < 4.78 is 42.8. The SMILES string of the molecule is CC(C)(CC(O)(Cc1ccnc2ccccc12)C(F)(F)F)c1ccnc2ccccc12. The van der Waals surface area contributed by atoms with Gasteiger partial charge < -0.3 is 5.11 Å². The number of para-hydroxylation sites is 2. The van der Waals surface area contributed by atoms with Crippen LogP contribution in [0.2, 0.25) is 0 Å². The van der Waals surface area contributed by atoms with E-state index in [1.165, 1.54) is 6.20 Å². The van der Waals surface area contributed by atoms with Gasteiger partial charge in [-0.05, 0) is 47.2 Å². The summed E-state index contributed by atoms with van der Waals surface area (Å²) in [5.74, 6) is 0. The molecule has 0 radical (unpaired) electrons. The monoisotopic (exact) mass is 424 g/mol. The number of fused-ring (bicyclic) bond motifs is 2. The summed E-state index contributed by atoms with van der Waals surface area (Å²) in [4.78, 5) is 8.53. The third-order valence-corrected chi connectivity index (χ3v) is 5.86. The second-order valence-corrected chi connectivity index (χ2v) is 8.63. The van der Waals surface area contributed by atoms with Gasteiger partial charge in [0.1, 0.15) is 0 Å². The van der Waals surface area contributed by atoms with E-state index in [1.54, 1.807) is 56.4 Å². The standard InChI is InChI=1S/C25H23F3N2O/c1-23(2,20-12-14-30-22-10-6-4-8-19(20)22)16-24(31,25(26,27)28)15-17-11-13-29-21-9-5-3-7-18(17)21/h3-14,31H,15-16H2,1-2H3. The molecular formula is C25H23F3N2O. The van der Waals surface area contributed by atoms with Gasteiger partial charge in [0.25, 0.3) is 0 Å². The summed E-state index contributed by atoms with van der Waals surface area (Å²) in [6.45, 7) is 3.46. The first-order chi connectivity index (χ1) is 14.6. The zero-order valence-corrected chi connectivity index (χ0v) is 17.3. The van der Waals surface area contributed by atoms with Crippen LogP contribution in [0.3, 0.4) is 0 Å². The summed E-state index contributed by atoms with van der Waals surface area (Å²) in [6.07, 6.45) is -2.77. The highest BCUT2D eigenvalue weighted by Crippen LogP contribution is 2.44. The summed E-state index contributed by atoms with van der Waals surface area (Å²) >= 11 is 0. The first kappa shape index (κ1) is 21.2. The van der Waals surface area contributed by atoms with E-state index in [4.69, 9.17) is 0 Å². The molecule has 0 aliphatic heterocycles. The molecule has 2 heterocycles. The maximum atomic E-state index is 14.3. The largest absolute Gasteiger partial charge is 0.417 e. The van der Waals surface area contributed by atoms with Crippen molar-refractivity contribution in [2.24, 2.45) is 0 Å². The molecule has 0 aliphatic rings. The molecule has 2 aromatic heterocycles. The minimum absolute atomic E-state index is 0.417. The van der Waals surface area contributed by atoms with Gasteiger partial charge in [0.2, 0.25) is 0 Å². The van der Waals surface area contributed by atoms with Crippen molar-refractivity contribution in [2.45, 2.75) is 43.9 Å². The number of hydrogen-bond donors (Lipinski definition) is 1. The third-order valence-electron chi connectivity index (χ3n) is 5.86. The molecule has 1 unspecified atom stereocenters. The predicted octanol–water partition coefficient (Wildman–Crippen LogP) is 5.99. The Kier molecular flexibility index (Phi) is 5.21. The number of hydrogen-bond acceptors (Lipinski definition) is 3. The molecular weight excluding hydrogens is 401 g/mol. The number of pyridine rings is 2. The predicted molar refractivity (Wildman–Crippen MR) is 116 cm³/mol. The van der Waals surface area contributed by atoms with Crippen molar-refractivity contribution in [1.29, 1.82) is 0 Å². The van der Waals surface area contributed by atoms with Crippen LogP contribution in [0.25, 0.3) is 21.8 Å². The number of rotatable bonds is 5. The lowest BCUT2D eigenvalue weighted by atomic mass is 9.72. The van der Waals surface area contributed by atoms with Crippen LogP contribution in [0.1, 0.15) is 31.4 Å². The Labute approximate surface area is 178 Å². The number of aromatic nitrogens is 2. The molecule has 0 amide bonds. The van der Waals surface area contributed by atoms with Crippen LogP contribution < -0.4 is 0 Å². The molecule has 0 fully saturated rings. The van der Waals surface area contributed by atoms with Gasteiger partial charge in [-0.15, -0.1) is 0 Å². The first-order valence-corrected chi connectivity index (χ1v) is 10.1. The van der Waals surface area contributed by atoms with Crippen molar-refractivity contribution < 1.29 is 18.3 Å². The minimum Gasteiger partial charge on any atom is -0.380 e. The molecule has 31 heavy (non-hydrogen) atoms. The molecule has 1 N–H and O–H groups in total. The molecule has 160 valence electrons. The van der Waals surface area contributed by atoms with Crippen LogP contribution in [-0.2, 0) is 11.8 Å². The number of nitrogens with zero attached hydrogens (tertiary/aromatic N) is 2. The Morgan fingerprint density at radius 3 is 1.97 bits per heavy atom. The Balaban J connectivity index is 1.77. The Morgan fingerprint density at radius 2 is 1.32 bits per heavy atom. The van der Waals surface area contributed by atoms with Crippen molar-refractivity contribution in [1.82, 2.24) is 9.97 Å². The van der Waals surface area contributed by atoms with E-state index >= 15 is 0 Å². The minimum atomic E-state index is -4.81. The summed E-state index contributed by atoms with van der Waals surface area (Å²) in [7, 11) is 0. The molecule has 3 nitrogen and oxygen atoms in total. The molecule has 0 spiro atoms. The van der Waals surface area contributed by atoms with Crippen molar-refractivity contribution in [3.05, 3.63) is 84.2 Å². The zero-order valence-electron chi connectivity index (χ0n) is 17.3. The molecule has 0 aliphatic carbocycles. The molecule has 4 aromatic rings. The summed E-state index contributed by atoms with van der Waals surface area (Å²) in [5, 5.41) is 12.5. The van der Waals surface area contributed by atoms with Crippen LogP contribution in [0.15, 0.2) is 73.1 Å². The maximum absolute atomic E-state index is 14.3.